The summed E-state index contributed by atoms with van der Waals surface area (Å²) < 4.78 is 3.83. The van der Waals surface area contributed by atoms with Crippen molar-refractivity contribution >= 4 is 6.03 Å². The second-order valence-corrected chi connectivity index (χ2v) is 7.90. The van der Waals surface area contributed by atoms with E-state index in [0.717, 1.165) is 23.4 Å². The van der Waals surface area contributed by atoms with Crippen LogP contribution in [0.3, 0.4) is 0 Å². The fourth-order valence-corrected chi connectivity index (χ4v) is 4.59. The molecule has 4 heterocycles. The van der Waals surface area contributed by atoms with Gasteiger partial charge in [-0.1, -0.05) is 18.2 Å². The summed E-state index contributed by atoms with van der Waals surface area (Å²) in [4.78, 5) is 31.0. The summed E-state index contributed by atoms with van der Waals surface area (Å²) >= 11 is 0. The topological polar surface area (TPSA) is 72.2 Å². The molecule has 0 saturated carbocycles. The van der Waals surface area contributed by atoms with E-state index in [4.69, 9.17) is 0 Å². The minimum absolute atomic E-state index is 0.0422. The Morgan fingerprint density at radius 2 is 2.03 bits per heavy atom. The number of piperidine rings is 1. The van der Waals surface area contributed by atoms with E-state index in [0.29, 0.717) is 32.1 Å². The molecule has 2 atom stereocenters. The Labute approximate surface area is 168 Å². The molecule has 0 radical (unpaired) electrons. The van der Waals surface area contributed by atoms with Gasteiger partial charge in [0.25, 0.3) is 5.56 Å². The van der Waals surface area contributed by atoms with Gasteiger partial charge in [0, 0.05) is 61.9 Å². The van der Waals surface area contributed by atoms with Gasteiger partial charge in [0.05, 0.1) is 6.33 Å². The molecule has 3 aromatic rings. The Morgan fingerprint density at radius 3 is 2.90 bits per heavy atom. The van der Waals surface area contributed by atoms with Crippen molar-refractivity contribution < 1.29 is 4.79 Å². The first-order valence-corrected chi connectivity index (χ1v) is 9.97. The molecule has 2 amide bonds. The van der Waals surface area contributed by atoms with Crippen LogP contribution < -0.4 is 10.9 Å². The minimum Gasteiger partial charge on any atom is -0.334 e. The number of carbonyl (C=O) groups excluding carboxylic acids is 1. The third-order valence-electron chi connectivity index (χ3n) is 5.92. The van der Waals surface area contributed by atoms with Gasteiger partial charge >= 0.3 is 6.03 Å². The van der Waals surface area contributed by atoms with Crippen molar-refractivity contribution in [2.45, 2.75) is 25.4 Å². The number of urea groups is 1. The molecule has 29 heavy (non-hydrogen) atoms. The largest absolute Gasteiger partial charge is 0.334 e. The molecular weight excluding hydrogens is 366 g/mol. The van der Waals surface area contributed by atoms with Crippen LogP contribution in [0.1, 0.15) is 23.6 Å². The van der Waals surface area contributed by atoms with Gasteiger partial charge in [-0.2, -0.15) is 0 Å². The van der Waals surface area contributed by atoms with Gasteiger partial charge in [-0.3, -0.25) is 4.79 Å². The SMILES string of the molecule is O=C(NCc1cccc(-n2ccnc2)c1)N1C[C@@H]2C[C@H](C1)c1cccc(=O)n1C2. The molecule has 2 aliphatic heterocycles. The van der Waals surface area contributed by atoms with E-state index in [2.05, 4.69) is 16.4 Å². The van der Waals surface area contributed by atoms with Crippen molar-refractivity contribution in [1.29, 1.82) is 0 Å². The average molecular weight is 389 g/mol. The molecule has 1 N–H and O–H groups in total. The first-order chi connectivity index (χ1) is 14.2. The maximum absolute atomic E-state index is 12.8. The fourth-order valence-electron chi connectivity index (χ4n) is 4.59. The zero-order valence-electron chi connectivity index (χ0n) is 16.1. The molecule has 0 spiro atoms. The monoisotopic (exact) mass is 389 g/mol. The van der Waals surface area contributed by atoms with Crippen LogP contribution in [0, 0.1) is 5.92 Å². The number of rotatable bonds is 3. The highest BCUT2D eigenvalue weighted by Gasteiger charge is 2.36. The van der Waals surface area contributed by atoms with Gasteiger partial charge in [0.2, 0.25) is 0 Å². The number of benzene rings is 1. The van der Waals surface area contributed by atoms with Crippen LogP contribution in [0.15, 0.2) is 66.0 Å². The highest BCUT2D eigenvalue weighted by molar-refractivity contribution is 5.74. The Hall–Kier alpha value is -3.35. The van der Waals surface area contributed by atoms with Gasteiger partial charge in [0.1, 0.15) is 0 Å². The van der Waals surface area contributed by atoms with Crippen LogP contribution in [0.2, 0.25) is 0 Å². The lowest BCUT2D eigenvalue weighted by Crippen LogP contribution is -2.51. The van der Waals surface area contributed by atoms with Crippen molar-refractivity contribution in [3.8, 4) is 5.69 Å². The van der Waals surface area contributed by atoms with E-state index >= 15 is 0 Å². The van der Waals surface area contributed by atoms with Crippen molar-refractivity contribution in [2.24, 2.45) is 5.92 Å². The second kappa shape index (κ2) is 7.24. The molecule has 0 aliphatic carbocycles. The van der Waals surface area contributed by atoms with Crippen molar-refractivity contribution in [3.63, 3.8) is 0 Å². The number of hydrogen-bond donors (Lipinski definition) is 1. The first-order valence-electron chi connectivity index (χ1n) is 9.97. The lowest BCUT2D eigenvalue weighted by Gasteiger charge is -2.42. The molecule has 2 bridgehead atoms. The Kier molecular flexibility index (Phi) is 4.42. The maximum Gasteiger partial charge on any atom is 0.317 e. The van der Waals surface area contributed by atoms with Crippen LogP contribution in [0.25, 0.3) is 5.69 Å². The predicted octanol–water partition coefficient (Wildman–Crippen LogP) is 2.36. The van der Waals surface area contributed by atoms with Crippen LogP contribution >= 0.6 is 0 Å². The standard InChI is InChI=1S/C22H23N5O2/c28-21-6-2-5-20-18-9-17(13-27(20)21)12-26(14-18)22(29)24-11-16-3-1-4-19(10-16)25-8-7-23-15-25/h1-8,10,15,17-18H,9,11-14H2,(H,24,29)/t17-,18+/m0/s1. The number of pyridine rings is 1. The molecule has 7 nitrogen and oxygen atoms in total. The van der Waals surface area contributed by atoms with Crippen molar-refractivity contribution in [3.05, 3.63) is 82.8 Å². The summed E-state index contributed by atoms with van der Waals surface area (Å²) in [6.07, 6.45) is 6.44. The number of imidazole rings is 1. The van der Waals surface area contributed by atoms with E-state index < -0.39 is 0 Å². The van der Waals surface area contributed by atoms with E-state index in [1.54, 1.807) is 18.6 Å². The average Bonchev–Trinajstić information content (AvgIpc) is 3.28. The van der Waals surface area contributed by atoms with E-state index in [-0.39, 0.29) is 17.5 Å². The molecule has 1 saturated heterocycles. The number of amides is 2. The normalized spacial score (nSPS) is 20.2. The summed E-state index contributed by atoms with van der Waals surface area (Å²) in [5, 5.41) is 3.06. The second-order valence-electron chi connectivity index (χ2n) is 7.90. The van der Waals surface area contributed by atoms with Crippen LogP contribution in [-0.2, 0) is 13.1 Å². The van der Waals surface area contributed by atoms with Crippen molar-refractivity contribution in [2.75, 3.05) is 13.1 Å². The number of nitrogens with zero attached hydrogens (tertiary/aromatic N) is 4. The number of hydrogen-bond acceptors (Lipinski definition) is 3. The molecule has 0 unspecified atom stereocenters. The summed E-state index contributed by atoms with van der Waals surface area (Å²) in [6.45, 7) is 2.52. The quantitative estimate of drug-likeness (QED) is 0.748. The van der Waals surface area contributed by atoms with Crippen LogP contribution in [0.4, 0.5) is 4.79 Å². The molecule has 2 aromatic heterocycles. The number of carbonyl (C=O) groups is 1. The third-order valence-corrected chi connectivity index (χ3v) is 5.92. The molecule has 148 valence electrons. The number of fused-ring (bicyclic) bond motifs is 4. The summed E-state index contributed by atoms with van der Waals surface area (Å²) in [7, 11) is 0. The number of aromatic nitrogens is 3. The molecule has 7 heteroatoms. The molecule has 5 rings (SSSR count). The Bertz CT molecular complexity index is 1090. The predicted molar refractivity (Wildman–Crippen MR) is 109 cm³/mol. The van der Waals surface area contributed by atoms with E-state index in [9.17, 15) is 9.59 Å². The number of nitrogens with one attached hydrogen (secondary N) is 1. The van der Waals surface area contributed by atoms with Crippen molar-refractivity contribution in [1.82, 2.24) is 24.3 Å². The van der Waals surface area contributed by atoms with Gasteiger partial charge in [-0.25, -0.2) is 9.78 Å². The summed E-state index contributed by atoms with van der Waals surface area (Å²) in [5.74, 6) is 0.559. The highest BCUT2D eigenvalue weighted by Crippen LogP contribution is 2.34. The highest BCUT2D eigenvalue weighted by atomic mass is 16.2. The Morgan fingerprint density at radius 1 is 1.14 bits per heavy atom. The fraction of sp³-hybridized carbons (Fsp3) is 0.318. The molecule has 1 fully saturated rings. The van der Waals surface area contributed by atoms with Gasteiger partial charge in [-0.15, -0.1) is 0 Å². The van der Waals surface area contributed by atoms with Gasteiger partial charge in [0.15, 0.2) is 0 Å². The van der Waals surface area contributed by atoms with Gasteiger partial charge < -0.3 is 19.4 Å². The summed E-state index contributed by atoms with van der Waals surface area (Å²) in [5.41, 5.74) is 3.18. The van der Waals surface area contributed by atoms with E-state index in [1.807, 2.05) is 50.6 Å². The zero-order valence-corrected chi connectivity index (χ0v) is 16.1. The lowest BCUT2D eigenvalue weighted by molar-refractivity contribution is 0.131. The third kappa shape index (κ3) is 3.44. The van der Waals surface area contributed by atoms with Crippen LogP contribution in [0.5, 0.6) is 0 Å². The molecule has 1 aromatic carbocycles. The van der Waals surface area contributed by atoms with Gasteiger partial charge in [-0.05, 0) is 36.1 Å². The smallest absolute Gasteiger partial charge is 0.317 e. The van der Waals surface area contributed by atoms with E-state index in [1.165, 1.54) is 0 Å². The number of likely N-dealkylation sites (tertiary alicyclic amines) is 1. The lowest BCUT2D eigenvalue weighted by atomic mass is 9.83. The molecule has 2 aliphatic rings. The van der Waals surface area contributed by atoms with Crippen LogP contribution in [-0.4, -0.2) is 38.1 Å². The first kappa shape index (κ1) is 17.7. The Balaban J connectivity index is 1.26. The maximum atomic E-state index is 12.8. The molecular formula is C22H23N5O2. The zero-order chi connectivity index (χ0) is 19.8. The summed E-state index contributed by atoms with van der Waals surface area (Å²) in [6, 6.07) is 13.5. The minimum atomic E-state index is -0.0422.